The van der Waals surface area contributed by atoms with Gasteiger partial charge in [0.2, 0.25) is 0 Å². The van der Waals surface area contributed by atoms with E-state index in [-0.39, 0.29) is 22.9 Å². The maximum atomic E-state index is 13.2. The summed E-state index contributed by atoms with van der Waals surface area (Å²) in [5, 5.41) is 0. The van der Waals surface area contributed by atoms with Crippen LogP contribution in [0.15, 0.2) is 29.3 Å². The van der Waals surface area contributed by atoms with Crippen molar-refractivity contribution in [3.8, 4) is 0 Å². The Morgan fingerprint density at radius 3 is 2.22 bits per heavy atom. The molecular weight excluding hydrogens is 504 g/mol. The molecule has 0 aromatic heterocycles. The molecule has 4 nitrogen and oxygen atoms in total. The van der Waals surface area contributed by atoms with Gasteiger partial charge in [0, 0.05) is 16.8 Å². The van der Waals surface area contributed by atoms with Crippen molar-refractivity contribution in [2.24, 2.45) is 45.3 Å². The van der Waals surface area contributed by atoms with Crippen molar-refractivity contribution in [3.63, 3.8) is 0 Å². The van der Waals surface area contributed by atoms with Gasteiger partial charge in [0.1, 0.15) is 6.10 Å². The summed E-state index contributed by atoms with van der Waals surface area (Å²) in [6, 6.07) is 5.03. The number of esters is 1. The van der Waals surface area contributed by atoms with E-state index in [0.29, 0.717) is 33.7 Å². The van der Waals surface area contributed by atoms with Crippen LogP contribution in [0.5, 0.6) is 0 Å². The van der Waals surface area contributed by atoms with Gasteiger partial charge in [-0.05, 0) is 109 Å². The van der Waals surface area contributed by atoms with Crippen LogP contribution in [0.2, 0.25) is 0 Å². The molecule has 4 N–H and O–H groups in total. The van der Waals surface area contributed by atoms with Gasteiger partial charge in [-0.2, -0.15) is 0 Å². The van der Waals surface area contributed by atoms with Gasteiger partial charge in [0.05, 0.1) is 5.56 Å². The van der Waals surface area contributed by atoms with Crippen molar-refractivity contribution in [1.82, 2.24) is 0 Å². The van der Waals surface area contributed by atoms with Crippen molar-refractivity contribution in [3.05, 3.63) is 34.9 Å². The lowest BCUT2D eigenvalue weighted by atomic mass is 9.43. The molecule has 0 radical (unpaired) electrons. The smallest absolute Gasteiger partial charge is 0.338 e. The summed E-state index contributed by atoms with van der Waals surface area (Å²) in [6.45, 7) is 19.9. The molecule has 7 unspecified atom stereocenters. The fourth-order valence-corrected chi connectivity index (χ4v) is 10.9. The van der Waals surface area contributed by atoms with Crippen LogP contribution in [0.3, 0.4) is 0 Å². The van der Waals surface area contributed by atoms with Gasteiger partial charge < -0.3 is 16.2 Å². The van der Waals surface area contributed by atoms with Crippen molar-refractivity contribution in [2.45, 2.75) is 132 Å². The van der Waals surface area contributed by atoms with Crippen LogP contribution in [0, 0.1) is 45.3 Å². The van der Waals surface area contributed by atoms with E-state index in [2.05, 4.69) is 55.4 Å². The quantitative estimate of drug-likeness (QED) is 0.197. The summed E-state index contributed by atoms with van der Waals surface area (Å²) in [7, 11) is 0. The number of ether oxygens (including phenoxy) is 1. The molecule has 0 saturated heterocycles. The number of anilines is 2. The molecule has 2 saturated carbocycles. The van der Waals surface area contributed by atoms with Gasteiger partial charge in [-0.3, -0.25) is 0 Å². The highest BCUT2D eigenvalue weighted by atomic mass is 16.5. The average Bonchev–Trinajstić information content (AvgIpc) is 3.16. The highest BCUT2D eigenvalue weighted by molar-refractivity contribution is 5.91. The first-order chi connectivity index (χ1) is 19.1. The number of fused-ring (bicyclic) bond motifs is 4. The van der Waals surface area contributed by atoms with E-state index in [4.69, 9.17) is 16.2 Å². The maximum absolute atomic E-state index is 13.2. The zero-order chi connectivity index (χ0) is 30.0. The second-order valence-electron chi connectivity index (χ2n) is 16.3. The van der Waals surface area contributed by atoms with Crippen molar-refractivity contribution in [2.75, 3.05) is 11.5 Å². The van der Waals surface area contributed by atoms with Crippen LogP contribution in [0.25, 0.3) is 0 Å². The lowest BCUT2D eigenvalue weighted by Crippen LogP contribution is -2.55. The highest BCUT2D eigenvalue weighted by Crippen LogP contribution is 2.72. The van der Waals surface area contributed by atoms with Gasteiger partial charge in [-0.1, -0.05) is 85.8 Å². The number of benzene rings is 1. The Balaban J connectivity index is 1.37. The van der Waals surface area contributed by atoms with Gasteiger partial charge in [-0.15, -0.1) is 0 Å². The summed E-state index contributed by atoms with van der Waals surface area (Å²) < 4.78 is 6.26. The lowest BCUT2D eigenvalue weighted by molar-refractivity contribution is -0.104. The summed E-state index contributed by atoms with van der Waals surface area (Å²) >= 11 is 0. The number of carbonyl (C=O) groups excluding carboxylic acids is 1. The first kappa shape index (κ1) is 30.5. The first-order valence-electron chi connectivity index (χ1n) is 16.7. The second-order valence-corrected chi connectivity index (χ2v) is 16.3. The lowest BCUT2D eigenvalue weighted by Gasteiger charge is -2.62. The van der Waals surface area contributed by atoms with Crippen LogP contribution < -0.4 is 11.5 Å². The predicted octanol–water partition coefficient (Wildman–Crippen LogP) is 9.59. The van der Waals surface area contributed by atoms with Crippen LogP contribution in [-0.4, -0.2) is 12.1 Å². The number of nitrogens with two attached hydrogens (primary N) is 2. The molecule has 41 heavy (non-hydrogen) atoms. The van der Waals surface area contributed by atoms with Gasteiger partial charge in [0.15, 0.2) is 0 Å². The van der Waals surface area contributed by atoms with Crippen molar-refractivity contribution < 1.29 is 9.53 Å². The Morgan fingerprint density at radius 1 is 0.878 bits per heavy atom. The van der Waals surface area contributed by atoms with E-state index >= 15 is 0 Å². The first-order valence-corrected chi connectivity index (χ1v) is 16.7. The minimum Gasteiger partial charge on any atom is -0.458 e. The molecule has 228 valence electrons. The monoisotopic (exact) mass is 562 g/mol. The molecule has 0 amide bonds. The SMILES string of the molecule is CC(C)CCCC(C)C1CCC2(C)C3=C(CCC12C)C1(C)CCC(OC(=O)c2cc(N)cc(N)c2)C(C)(C)C1CC3. The Labute approximate surface area is 250 Å². The molecular formula is C37H58N2O2. The Hall–Kier alpha value is -1.97. The maximum Gasteiger partial charge on any atom is 0.338 e. The number of allylic oxidation sites excluding steroid dienone is 2. The topological polar surface area (TPSA) is 78.3 Å². The number of hydrogen-bond acceptors (Lipinski definition) is 4. The molecule has 2 fully saturated rings. The molecule has 0 heterocycles. The minimum absolute atomic E-state index is 0.0994. The molecule has 4 aliphatic rings. The van der Waals surface area contributed by atoms with E-state index in [1.54, 1.807) is 23.8 Å². The highest BCUT2D eigenvalue weighted by Gasteiger charge is 2.63. The van der Waals surface area contributed by atoms with Crippen LogP contribution in [0.1, 0.15) is 136 Å². The Morgan fingerprint density at radius 2 is 1.56 bits per heavy atom. The fraction of sp³-hybridized carbons (Fsp3) is 0.757. The molecule has 0 spiro atoms. The Kier molecular flexibility index (Phi) is 7.91. The van der Waals surface area contributed by atoms with Crippen LogP contribution >= 0.6 is 0 Å². The molecule has 1 aromatic carbocycles. The summed E-state index contributed by atoms with van der Waals surface area (Å²) in [4.78, 5) is 13.2. The number of rotatable bonds is 7. The predicted molar refractivity (Wildman–Crippen MR) is 171 cm³/mol. The molecule has 0 bridgehead atoms. The fourth-order valence-electron chi connectivity index (χ4n) is 10.9. The summed E-state index contributed by atoms with van der Waals surface area (Å²) in [6.07, 6.45) is 13.8. The minimum atomic E-state index is -0.304. The molecule has 0 aliphatic heterocycles. The Bertz CT molecular complexity index is 1180. The largest absolute Gasteiger partial charge is 0.458 e. The number of nitrogen functional groups attached to an aromatic ring is 2. The van der Waals surface area contributed by atoms with Crippen LogP contribution in [-0.2, 0) is 4.74 Å². The average molecular weight is 563 g/mol. The number of carbonyl (C=O) groups is 1. The summed E-state index contributed by atoms with van der Waals surface area (Å²) in [5.74, 6) is 2.66. The molecule has 5 rings (SSSR count). The standard InChI is InChI=1S/C37H58N2O2/c1-23(2)10-9-11-24(3)28-14-18-37(8)30-12-13-31-34(4,5)32(41-33(40)25-20-26(38)22-27(39)21-25)16-17-35(31,6)29(30)15-19-36(28,37)7/h20-24,28,31-32H,9-19,38-39H2,1-8H3. The van der Waals surface area contributed by atoms with Gasteiger partial charge in [0.25, 0.3) is 0 Å². The normalized spacial score (nSPS) is 36.9. The zero-order valence-corrected chi connectivity index (χ0v) is 27.4. The molecule has 1 aromatic rings. The van der Waals surface area contributed by atoms with E-state index in [1.807, 2.05) is 5.57 Å². The molecule has 7 atom stereocenters. The second kappa shape index (κ2) is 10.6. The van der Waals surface area contributed by atoms with E-state index in [1.165, 1.54) is 57.8 Å². The summed E-state index contributed by atoms with van der Waals surface area (Å²) in [5.41, 5.74) is 17.8. The zero-order valence-electron chi connectivity index (χ0n) is 27.4. The third kappa shape index (κ3) is 4.93. The van der Waals surface area contributed by atoms with Crippen LogP contribution in [0.4, 0.5) is 11.4 Å². The van der Waals surface area contributed by atoms with Crippen molar-refractivity contribution in [1.29, 1.82) is 0 Å². The third-order valence-electron chi connectivity index (χ3n) is 13.3. The van der Waals surface area contributed by atoms with Crippen molar-refractivity contribution >= 4 is 17.3 Å². The van der Waals surface area contributed by atoms with E-state index in [0.717, 1.165) is 30.6 Å². The van der Waals surface area contributed by atoms with Gasteiger partial charge in [-0.25, -0.2) is 4.79 Å². The van der Waals surface area contributed by atoms with E-state index in [9.17, 15) is 4.79 Å². The van der Waals surface area contributed by atoms with Gasteiger partial charge >= 0.3 is 5.97 Å². The third-order valence-corrected chi connectivity index (χ3v) is 13.3. The molecule has 4 aliphatic carbocycles. The number of hydrogen-bond donors (Lipinski definition) is 2. The molecule has 4 heteroatoms. The van der Waals surface area contributed by atoms with E-state index < -0.39 is 0 Å².